The first-order valence-corrected chi connectivity index (χ1v) is 12.3. The molecule has 1 heterocycles. The number of nitrogens with one attached hydrogen (secondary N) is 2. The quantitative estimate of drug-likeness (QED) is 0.426. The number of hydrogen-bond donors (Lipinski definition) is 3. The summed E-state index contributed by atoms with van der Waals surface area (Å²) in [6.45, 7) is 6.73. The number of phenols is 1. The predicted octanol–water partition coefficient (Wildman–Crippen LogP) is 3.44. The van der Waals surface area contributed by atoms with Crippen LogP contribution in [-0.4, -0.2) is 67.3 Å². The largest absolute Gasteiger partial charge is 0.506 e. The molecular formula is C25H31Cl2N3O4. The van der Waals surface area contributed by atoms with Gasteiger partial charge in [-0.3, -0.25) is 4.79 Å². The van der Waals surface area contributed by atoms with Crippen LogP contribution in [0.1, 0.15) is 34.8 Å². The first kappa shape index (κ1) is 26.3. The lowest BCUT2D eigenvalue weighted by atomic mass is 10.0. The molecule has 0 spiro atoms. The van der Waals surface area contributed by atoms with E-state index in [0.717, 1.165) is 44.7 Å². The maximum Gasteiger partial charge on any atom is 0.328 e. The summed E-state index contributed by atoms with van der Waals surface area (Å²) in [5.74, 6) is -1.55. The third kappa shape index (κ3) is 7.09. The number of rotatable bonds is 10. The first-order chi connectivity index (χ1) is 16.4. The summed E-state index contributed by atoms with van der Waals surface area (Å²) >= 11 is 12.9. The smallest absolute Gasteiger partial charge is 0.328 e. The Labute approximate surface area is 210 Å². The molecule has 1 fully saturated rings. The van der Waals surface area contributed by atoms with Crippen LogP contribution in [0, 0.1) is 0 Å². The molecule has 34 heavy (non-hydrogen) atoms. The lowest BCUT2D eigenvalue weighted by Gasteiger charge is -2.27. The molecule has 1 aliphatic rings. The third-order valence-corrected chi connectivity index (χ3v) is 6.55. The highest BCUT2D eigenvalue weighted by Gasteiger charge is 2.26. The summed E-state index contributed by atoms with van der Waals surface area (Å²) in [6.07, 6.45) is 1.65. The first-order valence-electron chi connectivity index (χ1n) is 11.5. The van der Waals surface area contributed by atoms with E-state index in [0.29, 0.717) is 17.0 Å². The molecule has 184 valence electrons. The van der Waals surface area contributed by atoms with Crippen LogP contribution in [-0.2, 0) is 22.4 Å². The number of nitrogens with zero attached hydrogens (tertiary/aromatic N) is 1. The van der Waals surface area contributed by atoms with Crippen molar-refractivity contribution in [3.05, 3.63) is 63.1 Å². The van der Waals surface area contributed by atoms with Crippen molar-refractivity contribution in [2.24, 2.45) is 0 Å². The highest BCUT2D eigenvalue weighted by Crippen LogP contribution is 2.37. The molecule has 3 N–H and O–H groups in total. The second-order valence-electron chi connectivity index (χ2n) is 8.21. The molecule has 1 saturated heterocycles. The number of aromatic hydroxyl groups is 1. The van der Waals surface area contributed by atoms with E-state index in [1.165, 1.54) is 6.07 Å². The molecule has 3 rings (SSSR count). The molecule has 1 unspecified atom stereocenters. The van der Waals surface area contributed by atoms with E-state index in [1.54, 1.807) is 6.92 Å². The zero-order valence-corrected chi connectivity index (χ0v) is 20.8. The van der Waals surface area contributed by atoms with Crippen LogP contribution < -0.4 is 10.6 Å². The van der Waals surface area contributed by atoms with Crippen molar-refractivity contribution in [2.45, 2.75) is 32.2 Å². The number of hydrogen-bond acceptors (Lipinski definition) is 6. The highest BCUT2D eigenvalue weighted by atomic mass is 35.5. The molecular weight excluding hydrogens is 477 g/mol. The SMILES string of the molecule is CCOC(=O)C(Cc1ccccc1)NC(=O)c1cc(Cl)c(CCCN2CCNCC2)c(Cl)c1O. The van der Waals surface area contributed by atoms with Crippen molar-refractivity contribution in [1.29, 1.82) is 0 Å². The summed E-state index contributed by atoms with van der Waals surface area (Å²) in [5, 5.41) is 17.0. The van der Waals surface area contributed by atoms with E-state index in [-0.39, 0.29) is 29.4 Å². The van der Waals surface area contributed by atoms with Crippen LogP contribution in [0.25, 0.3) is 0 Å². The van der Waals surface area contributed by atoms with E-state index in [2.05, 4.69) is 15.5 Å². The van der Waals surface area contributed by atoms with Crippen LogP contribution in [0.15, 0.2) is 36.4 Å². The van der Waals surface area contributed by atoms with Gasteiger partial charge in [-0.05, 0) is 43.5 Å². The zero-order valence-electron chi connectivity index (χ0n) is 19.3. The van der Waals surface area contributed by atoms with Gasteiger partial charge in [0.2, 0.25) is 0 Å². The normalized spacial score (nSPS) is 15.0. The Morgan fingerprint density at radius 1 is 1.21 bits per heavy atom. The average molecular weight is 508 g/mol. The summed E-state index contributed by atoms with van der Waals surface area (Å²) < 4.78 is 5.13. The second-order valence-corrected chi connectivity index (χ2v) is 9.00. The molecule has 0 aliphatic carbocycles. The minimum atomic E-state index is -0.925. The number of phenolic OH excluding ortho intramolecular Hbond substituents is 1. The van der Waals surface area contributed by atoms with Gasteiger partial charge in [0.15, 0.2) is 0 Å². The Balaban J connectivity index is 1.71. The predicted molar refractivity (Wildman–Crippen MR) is 134 cm³/mol. The van der Waals surface area contributed by atoms with Gasteiger partial charge < -0.3 is 25.4 Å². The summed E-state index contributed by atoms with van der Waals surface area (Å²) in [7, 11) is 0. The van der Waals surface area contributed by atoms with Gasteiger partial charge in [0, 0.05) is 37.6 Å². The average Bonchev–Trinajstić information content (AvgIpc) is 2.84. The van der Waals surface area contributed by atoms with Crippen LogP contribution >= 0.6 is 23.2 Å². The maximum atomic E-state index is 13.0. The lowest BCUT2D eigenvalue weighted by Crippen LogP contribution is -2.43. The number of esters is 1. The van der Waals surface area contributed by atoms with Crippen LogP contribution in [0.5, 0.6) is 5.75 Å². The van der Waals surface area contributed by atoms with Crippen LogP contribution in [0.4, 0.5) is 0 Å². The van der Waals surface area contributed by atoms with Gasteiger partial charge in [-0.2, -0.15) is 0 Å². The maximum absolute atomic E-state index is 13.0. The van der Waals surface area contributed by atoms with Gasteiger partial charge in [-0.1, -0.05) is 53.5 Å². The van der Waals surface area contributed by atoms with Gasteiger partial charge in [0.25, 0.3) is 5.91 Å². The van der Waals surface area contributed by atoms with Gasteiger partial charge >= 0.3 is 5.97 Å². The number of piperazine rings is 1. The Kier molecular flexibility index (Phi) is 10.0. The number of halogens is 2. The summed E-state index contributed by atoms with van der Waals surface area (Å²) in [6, 6.07) is 9.78. The number of carbonyl (C=O) groups is 2. The Morgan fingerprint density at radius 2 is 1.91 bits per heavy atom. The fourth-order valence-corrected chi connectivity index (χ4v) is 4.63. The summed E-state index contributed by atoms with van der Waals surface area (Å²) in [5.41, 5.74) is 1.39. The minimum Gasteiger partial charge on any atom is -0.506 e. The molecule has 2 aromatic rings. The van der Waals surface area contributed by atoms with E-state index < -0.39 is 17.9 Å². The molecule has 0 radical (unpaired) electrons. The van der Waals surface area contributed by atoms with E-state index in [9.17, 15) is 14.7 Å². The molecule has 0 saturated carbocycles. The standard InChI is InChI=1S/C25H31Cl2N3O4/c1-2-34-25(33)21(15-17-7-4-3-5-8-17)29-24(32)19-16-20(26)18(22(27)23(19)31)9-6-12-30-13-10-28-11-14-30/h3-5,7-8,16,21,28,31H,2,6,9-15H2,1H3,(H,29,32). The Hall–Kier alpha value is -2.32. The third-order valence-electron chi connectivity index (χ3n) is 5.80. The lowest BCUT2D eigenvalue weighted by molar-refractivity contribution is -0.145. The topological polar surface area (TPSA) is 90.9 Å². The van der Waals surface area contributed by atoms with Crippen molar-refractivity contribution in [2.75, 3.05) is 39.3 Å². The molecule has 2 aromatic carbocycles. The number of ether oxygens (including phenoxy) is 1. The number of benzene rings is 2. The number of amides is 1. The van der Waals surface area contributed by atoms with Crippen molar-refractivity contribution < 1.29 is 19.4 Å². The van der Waals surface area contributed by atoms with Crippen LogP contribution in [0.3, 0.4) is 0 Å². The van der Waals surface area contributed by atoms with E-state index in [4.69, 9.17) is 27.9 Å². The molecule has 7 nitrogen and oxygen atoms in total. The summed E-state index contributed by atoms with van der Waals surface area (Å²) in [4.78, 5) is 27.8. The highest BCUT2D eigenvalue weighted by molar-refractivity contribution is 6.37. The molecule has 1 amide bonds. The minimum absolute atomic E-state index is 0.0636. The molecule has 0 bridgehead atoms. The number of carbonyl (C=O) groups excluding carboxylic acids is 2. The van der Waals surface area contributed by atoms with Crippen LogP contribution in [0.2, 0.25) is 10.0 Å². The monoisotopic (exact) mass is 507 g/mol. The molecule has 0 aromatic heterocycles. The van der Waals surface area contributed by atoms with Crippen molar-refractivity contribution >= 4 is 35.1 Å². The molecule has 1 aliphatic heterocycles. The Bertz CT molecular complexity index is 982. The van der Waals surface area contributed by atoms with Gasteiger partial charge in [0.05, 0.1) is 17.2 Å². The van der Waals surface area contributed by atoms with E-state index >= 15 is 0 Å². The van der Waals surface area contributed by atoms with Gasteiger partial charge in [-0.25, -0.2) is 4.79 Å². The van der Waals surface area contributed by atoms with Gasteiger partial charge in [0.1, 0.15) is 11.8 Å². The molecule has 9 heteroatoms. The van der Waals surface area contributed by atoms with Crippen molar-refractivity contribution in [1.82, 2.24) is 15.5 Å². The van der Waals surface area contributed by atoms with Gasteiger partial charge in [-0.15, -0.1) is 0 Å². The zero-order chi connectivity index (χ0) is 24.5. The molecule has 1 atom stereocenters. The Morgan fingerprint density at radius 3 is 2.59 bits per heavy atom. The van der Waals surface area contributed by atoms with Crippen molar-refractivity contribution in [3.63, 3.8) is 0 Å². The fourth-order valence-electron chi connectivity index (χ4n) is 3.99. The van der Waals surface area contributed by atoms with E-state index in [1.807, 2.05) is 30.3 Å². The fraction of sp³-hybridized carbons (Fsp3) is 0.440. The second kappa shape index (κ2) is 13.0. The van der Waals surface area contributed by atoms with Crippen molar-refractivity contribution in [3.8, 4) is 5.75 Å².